The van der Waals surface area contributed by atoms with Crippen molar-refractivity contribution in [1.29, 1.82) is 0 Å². The van der Waals surface area contributed by atoms with Gasteiger partial charge in [0.2, 0.25) is 0 Å². The number of nitrogens with two attached hydrogens (primary N) is 1. The summed E-state index contributed by atoms with van der Waals surface area (Å²) in [7, 11) is 1.49. The van der Waals surface area contributed by atoms with Crippen molar-refractivity contribution in [3.05, 3.63) is 22.7 Å². The summed E-state index contributed by atoms with van der Waals surface area (Å²) in [5.41, 5.74) is 6.45. The molecule has 1 aliphatic rings. The van der Waals surface area contributed by atoms with E-state index in [2.05, 4.69) is 10.6 Å². The maximum atomic E-state index is 12.2. The number of anilines is 1. The molecule has 1 saturated carbocycles. The number of ether oxygens (including phenoxy) is 1. The molecule has 0 heterocycles. The molecule has 6 heteroatoms. The lowest BCUT2D eigenvalue weighted by Gasteiger charge is -2.17. The monoisotopic (exact) mass is 283 g/mol. The van der Waals surface area contributed by atoms with Crippen molar-refractivity contribution in [3.63, 3.8) is 0 Å². The number of nitrogen functional groups attached to an aromatic ring is 1. The molecule has 1 aromatic carbocycles. The van der Waals surface area contributed by atoms with Crippen LogP contribution in [0.4, 0.5) is 5.69 Å². The van der Waals surface area contributed by atoms with Gasteiger partial charge in [0.25, 0.3) is 5.91 Å². The van der Waals surface area contributed by atoms with Gasteiger partial charge in [-0.25, -0.2) is 0 Å². The summed E-state index contributed by atoms with van der Waals surface area (Å²) >= 11 is 5.94. The van der Waals surface area contributed by atoms with E-state index in [9.17, 15) is 4.79 Å². The van der Waals surface area contributed by atoms with Gasteiger partial charge < -0.3 is 15.8 Å². The second kappa shape index (κ2) is 5.67. The molecule has 104 valence electrons. The average Bonchev–Trinajstić information content (AvgIpc) is 3.15. The molecule has 1 aromatic rings. The smallest absolute Gasteiger partial charge is 0.256 e. The number of halogens is 1. The fraction of sp³-hybridized carbons (Fsp3) is 0.462. The maximum Gasteiger partial charge on any atom is 0.256 e. The second-order valence-electron chi connectivity index (χ2n) is 4.71. The van der Waals surface area contributed by atoms with Crippen molar-refractivity contribution in [2.45, 2.75) is 32.0 Å². The Kier molecular flexibility index (Phi) is 4.17. The van der Waals surface area contributed by atoms with E-state index in [1.807, 2.05) is 6.92 Å². The fourth-order valence-electron chi connectivity index (χ4n) is 1.84. The maximum absolute atomic E-state index is 12.2. The number of amides is 1. The molecule has 1 amide bonds. The lowest BCUT2D eigenvalue weighted by atomic mass is 10.1. The number of benzene rings is 1. The van der Waals surface area contributed by atoms with Gasteiger partial charge in [0.15, 0.2) is 0 Å². The lowest BCUT2D eigenvalue weighted by Crippen LogP contribution is -2.44. The van der Waals surface area contributed by atoms with Crippen LogP contribution in [0.25, 0.3) is 0 Å². The van der Waals surface area contributed by atoms with Crippen molar-refractivity contribution in [3.8, 4) is 5.75 Å². The Labute approximate surface area is 117 Å². The van der Waals surface area contributed by atoms with Crippen LogP contribution in [0, 0.1) is 0 Å². The molecule has 2 rings (SSSR count). The Morgan fingerprint density at radius 3 is 2.79 bits per heavy atom. The summed E-state index contributed by atoms with van der Waals surface area (Å²) in [6, 6.07) is 3.60. The molecule has 4 N–H and O–H groups in total. The minimum atomic E-state index is -0.237. The largest absolute Gasteiger partial charge is 0.496 e. The van der Waals surface area contributed by atoms with Crippen molar-refractivity contribution in [2.75, 3.05) is 12.8 Å². The molecule has 1 fully saturated rings. The van der Waals surface area contributed by atoms with E-state index in [1.54, 1.807) is 6.07 Å². The van der Waals surface area contributed by atoms with Gasteiger partial charge in [0, 0.05) is 12.1 Å². The van der Waals surface area contributed by atoms with Crippen molar-refractivity contribution < 1.29 is 9.53 Å². The molecule has 0 aromatic heterocycles. The topological polar surface area (TPSA) is 76.4 Å². The van der Waals surface area contributed by atoms with Crippen LogP contribution in [0.3, 0.4) is 0 Å². The van der Waals surface area contributed by atoms with Crippen molar-refractivity contribution in [1.82, 2.24) is 10.6 Å². The molecule has 0 aliphatic heterocycles. The summed E-state index contributed by atoms with van der Waals surface area (Å²) in [6.07, 6.45) is 2.23. The number of rotatable bonds is 5. The summed E-state index contributed by atoms with van der Waals surface area (Å²) in [5, 5.41) is 6.49. The summed E-state index contributed by atoms with van der Waals surface area (Å²) in [4.78, 5) is 12.2. The first-order valence-electron chi connectivity index (χ1n) is 6.21. The van der Waals surface area contributed by atoms with Crippen LogP contribution in [0.5, 0.6) is 5.75 Å². The minimum Gasteiger partial charge on any atom is -0.496 e. The van der Waals surface area contributed by atoms with Crippen LogP contribution in [0.15, 0.2) is 12.1 Å². The number of carbonyl (C=O) groups excluding carboxylic acids is 1. The van der Waals surface area contributed by atoms with Crippen LogP contribution in [0.2, 0.25) is 5.02 Å². The second-order valence-corrected chi connectivity index (χ2v) is 5.12. The standard InChI is InChI=1S/C13H18ClN3O2/c1-7(16-8-3-4-8)17-13(18)9-5-10(14)11(15)6-12(9)19-2/h5-8,16H,3-4,15H2,1-2H3,(H,17,18). The SMILES string of the molecule is COc1cc(N)c(Cl)cc1C(=O)NC(C)NC1CC1. The Bertz CT molecular complexity index is 489. The Morgan fingerprint density at radius 1 is 1.53 bits per heavy atom. The van der Waals surface area contributed by atoms with Gasteiger partial charge in [-0.2, -0.15) is 0 Å². The predicted octanol–water partition coefficient (Wildman–Crippen LogP) is 1.76. The van der Waals surface area contributed by atoms with Gasteiger partial charge >= 0.3 is 0 Å². The van der Waals surface area contributed by atoms with E-state index in [4.69, 9.17) is 22.1 Å². The predicted molar refractivity (Wildman–Crippen MR) is 75.5 cm³/mol. The van der Waals surface area contributed by atoms with E-state index < -0.39 is 0 Å². The Morgan fingerprint density at radius 2 is 2.21 bits per heavy atom. The first kappa shape index (κ1) is 14.0. The molecule has 5 nitrogen and oxygen atoms in total. The number of nitrogens with one attached hydrogen (secondary N) is 2. The van der Waals surface area contributed by atoms with Gasteiger partial charge in [0.05, 0.1) is 29.5 Å². The average molecular weight is 284 g/mol. The van der Waals surface area contributed by atoms with Gasteiger partial charge in [-0.15, -0.1) is 0 Å². The van der Waals surface area contributed by atoms with E-state index in [1.165, 1.54) is 13.2 Å². The molecule has 0 radical (unpaired) electrons. The van der Waals surface area contributed by atoms with E-state index in [0.717, 1.165) is 12.8 Å². The molecule has 0 saturated heterocycles. The number of carbonyl (C=O) groups is 1. The highest BCUT2D eigenvalue weighted by molar-refractivity contribution is 6.33. The summed E-state index contributed by atoms with van der Waals surface area (Å²) in [5.74, 6) is 0.178. The van der Waals surface area contributed by atoms with Gasteiger partial charge in [-0.3, -0.25) is 10.1 Å². The van der Waals surface area contributed by atoms with Crippen LogP contribution in [-0.2, 0) is 0 Å². The molecule has 1 atom stereocenters. The molecule has 0 spiro atoms. The normalized spacial score (nSPS) is 15.9. The van der Waals surface area contributed by atoms with Gasteiger partial charge in [-0.05, 0) is 25.8 Å². The lowest BCUT2D eigenvalue weighted by molar-refractivity contribution is 0.0930. The Balaban J connectivity index is 2.10. The minimum absolute atomic E-state index is 0.0963. The summed E-state index contributed by atoms with van der Waals surface area (Å²) in [6.45, 7) is 1.90. The van der Waals surface area contributed by atoms with E-state index >= 15 is 0 Å². The highest BCUT2D eigenvalue weighted by atomic mass is 35.5. The van der Waals surface area contributed by atoms with Crippen LogP contribution >= 0.6 is 11.6 Å². The fourth-order valence-corrected chi connectivity index (χ4v) is 2.00. The first-order valence-corrected chi connectivity index (χ1v) is 6.59. The van der Waals surface area contributed by atoms with E-state index in [0.29, 0.717) is 28.1 Å². The molecular formula is C13H18ClN3O2. The first-order chi connectivity index (χ1) is 9.01. The third-order valence-corrected chi connectivity index (χ3v) is 3.30. The third-order valence-electron chi connectivity index (χ3n) is 2.97. The van der Waals surface area contributed by atoms with Gasteiger partial charge in [0.1, 0.15) is 5.75 Å². The zero-order valence-electron chi connectivity index (χ0n) is 11.0. The molecule has 0 bridgehead atoms. The van der Waals surface area contributed by atoms with Crippen molar-refractivity contribution in [2.24, 2.45) is 0 Å². The zero-order chi connectivity index (χ0) is 14.0. The number of methoxy groups -OCH3 is 1. The quantitative estimate of drug-likeness (QED) is 0.568. The zero-order valence-corrected chi connectivity index (χ0v) is 11.8. The molecule has 1 unspecified atom stereocenters. The molecule has 1 aliphatic carbocycles. The van der Waals surface area contributed by atoms with E-state index in [-0.39, 0.29) is 12.1 Å². The van der Waals surface area contributed by atoms with Crippen molar-refractivity contribution >= 4 is 23.2 Å². The summed E-state index contributed by atoms with van der Waals surface area (Å²) < 4.78 is 5.16. The molecular weight excluding hydrogens is 266 g/mol. The van der Waals surface area contributed by atoms with Crippen LogP contribution in [0.1, 0.15) is 30.1 Å². The number of hydrogen-bond donors (Lipinski definition) is 3. The molecule has 19 heavy (non-hydrogen) atoms. The highest BCUT2D eigenvalue weighted by Crippen LogP contribution is 2.28. The van der Waals surface area contributed by atoms with Crippen LogP contribution in [-0.4, -0.2) is 25.2 Å². The third kappa shape index (κ3) is 3.52. The highest BCUT2D eigenvalue weighted by Gasteiger charge is 2.24. The van der Waals surface area contributed by atoms with Crippen LogP contribution < -0.4 is 21.1 Å². The van der Waals surface area contributed by atoms with Gasteiger partial charge in [-0.1, -0.05) is 11.6 Å². The Hall–Kier alpha value is -1.46. The number of hydrogen-bond acceptors (Lipinski definition) is 4.